The molecule has 0 saturated heterocycles. The number of carbonyl (C=O) groups excluding carboxylic acids is 1. The number of hydrogen-bond acceptors (Lipinski definition) is 5. The quantitative estimate of drug-likeness (QED) is 0.679. The Morgan fingerprint density at radius 1 is 1.14 bits per heavy atom. The predicted octanol–water partition coefficient (Wildman–Crippen LogP) is 4.28. The van der Waals surface area contributed by atoms with Gasteiger partial charge in [0, 0.05) is 16.8 Å². The first-order valence-corrected chi connectivity index (χ1v) is 8.84. The van der Waals surface area contributed by atoms with Gasteiger partial charge in [-0.3, -0.25) is 4.79 Å². The highest BCUT2D eigenvalue weighted by atomic mass is 35.5. The number of rotatable bonds is 4. The van der Waals surface area contributed by atoms with E-state index in [0.717, 1.165) is 25.7 Å². The highest BCUT2D eigenvalue weighted by Crippen LogP contribution is 2.35. The molecule has 3 aromatic rings. The van der Waals surface area contributed by atoms with Crippen LogP contribution in [-0.4, -0.2) is 16.0 Å². The van der Waals surface area contributed by atoms with Crippen LogP contribution in [0.25, 0.3) is 11.5 Å². The molecule has 1 heterocycles. The van der Waals surface area contributed by atoms with Gasteiger partial charge in [-0.25, -0.2) is 4.39 Å². The third-order valence-corrected chi connectivity index (χ3v) is 4.84. The standard InChI is InChI=1S/C20H19FN4O2.ClH/c21-15-8-6-13(7-9-15)17(26)23-16-5-3-4-14(12-16)18-24-19(25-27-18)20(22)10-1-2-11-20;/h3-9,12H,1-2,10-11,22H2,(H,23,26);1H. The molecule has 8 heteroatoms. The molecule has 1 saturated carbocycles. The molecule has 6 nitrogen and oxygen atoms in total. The number of amides is 1. The summed E-state index contributed by atoms with van der Waals surface area (Å²) >= 11 is 0. The average Bonchev–Trinajstić information content (AvgIpc) is 3.33. The molecule has 4 rings (SSSR count). The summed E-state index contributed by atoms with van der Waals surface area (Å²) < 4.78 is 18.4. The molecule has 0 bridgehead atoms. The van der Waals surface area contributed by atoms with Crippen LogP contribution in [0.1, 0.15) is 41.9 Å². The van der Waals surface area contributed by atoms with Crippen molar-refractivity contribution in [1.82, 2.24) is 10.1 Å². The van der Waals surface area contributed by atoms with Gasteiger partial charge in [0.2, 0.25) is 0 Å². The normalized spacial score (nSPS) is 15.1. The van der Waals surface area contributed by atoms with Crippen molar-refractivity contribution in [2.24, 2.45) is 5.73 Å². The fourth-order valence-corrected chi connectivity index (χ4v) is 3.31. The summed E-state index contributed by atoms with van der Waals surface area (Å²) in [6.45, 7) is 0. The number of aromatic nitrogens is 2. The molecule has 1 amide bonds. The summed E-state index contributed by atoms with van der Waals surface area (Å²) in [6.07, 6.45) is 3.82. The van der Waals surface area contributed by atoms with Crippen molar-refractivity contribution in [3.05, 3.63) is 65.7 Å². The second-order valence-electron chi connectivity index (χ2n) is 6.83. The van der Waals surface area contributed by atoms with Crippen molar-refractivity contribution in [2.75, 3.05) is 5.32 Å². The average molecular weight is 403 g/mol. The van der Waals surface area contributed by atoms with Gasteiger partial charge in [0.1, 0.15) is 5.82 Å². The SMILES string of the molecule is Cl.NC1(c2noc(-c3cccc(NC(=O)c4ccc(F)cc4)c3)n2)CCCC1. The Hall–Kier alpha value is -2.77. The van der Waals surface area contributed by atoms with E-state index in [1.54, 1.807) is 18.2 Å². The van der Waals surface area contributed by atoms with Gasteiger partial charge in [0.25, 0.3) is 11.8 Å². The van der Waals surface area contributed by atoms with E-state index in [-0.39, 0.29) is 24.1 Å². The lowest BCUT2D eigenvalue weighted by Gasteiger charge is -2.17. The summed E-state index contributed by atoms with van der Waals surface area (Å²) in [6, 6.07) is 12.5. The van der Waals surface area contributed by atoms with Crippen LogP contribution in [0, 0.1) is 5.82 Å². The van der Waals surface area contributed by atoms with Crippen molar-refractivity contribution in [1.29, 1.82) is 0 Å². The summed E-state index contributed by atoms with van der Waals surface area (Å²) in [5.41, 5.74) is 7.49. The fraction of sp³-hybridized carbons (Fsp3) is 0.250. The third kappa shape index (κ3) is 4.05. The third-order valence-electron chi connectivity index (χ3n) is 4.84. The Labute approximate surface area is 167 Å². The second kappa shape index (κ2) is 8.08. The molecule has 0 atom stereocenters. The number of halogens is 2. The number of nitrogens with two attached hydrogens (primary N) is 1. The van der Waals surface area contributed by atoms with Gasteiger partial charge in [-0.1, -0.05) is 24.1 Å². The van der Waals surface area contributed by atoms with Crippen LogP contribution in [-0.2, 0) is 5.54 Å². The molecule has 0 radical (unpaired) electrons. The van der Waals surface area contributed by atoms with E-state index >= 15 is 0 Å². The predicted molar refractivity (Wildman–Crippen MR) is 106 cm³/mol. The topological polar surface area (TPSA) is 94.0 Å². The minimum atomic E-state index is -0.518. The van der Waals surface area contributed by atoms with Crippen LogP contribution in [0.4, 0.5) is 10.1 Å². The van der Waals surface area contributed by atoms with Gasteiger partial charge >= 0.3 is 0 Å². The zero-order valence-electron chi connectivity index (χ0n) is 15.0. The number of hydrogen-bond donors (Lipinski definition) is 2. The van der Waals surface area contributed by atoms with E-state index in [1.807, 2.05) is 6.07 Å². The molecule has 146 valence electrons. The van der Waals surface area contributed by atoms with Gasteiger partial charge in [-0.15, -0.1) is 12.4 Å². The van der Waals surface area contributed by atoms with Crippen LogP contribution in [0.2, 0.25) is 0 Å². The maximum Gasteiger partial charge on any atom is 0.258 e. The largest absolute Gasteiger partial charge is 0.334 e. The Bertz CT molecular complexity index is 968. The van der Waals surface area contributed by atoms with E-state index < -0.39 is 5.54 Å². The first-order valence-electron chi connectivity index (χ1n) is 8.84. The van der Waals surface area contributed by atoms with E-state index in [1.165, 1.54) is 24.3 Å². The zero-order chi connectivity index (χ0) is 18.9. The number of nitrogens with one attached hydrogen (secondary N) is 1. The minimum Gasteiger partial charge on any atom is -0.334 e. The molecule has 1 aliphatic carbocycles. The molecule has 0 unspecified atom stereocenters. The summed E-state index contributed by atoms with van der Waals surface area (Å²) in [7, 11) is 0. The van der Waals surface area contributed by atoms with Crippen molar-refractivity contribution in [3.8, 4) is 11.5 Å². The molecular weight excluding hydrogens is 383 g/mol. The van der Waals surface area contributed by atoms with Crippen molar-refractivity contribution in [3.63, 3.8) is 0 Å². The summed E-state index contributed by atoms with van der Waals surface area (Å²) in [4.78, 5) is 16.8. The molecule has 1 aromatic heterocycles. The molecule has 2 aromatic carbocycles. The lowest BCUT2D eigenvalue weighted by atomic mass is 9.99. The minimum absolute atomic E-state index is 0. The molecule has 1 aliphatic rings. The number of benzene rings is 2. The Balaban J connectivity index is 0.00000225. The van der Waals surface area contributed by atoms with Crippen LogP contribution >= 0.6 is 12.4 Å². The van der Waals surface area contributed by atoms with Gasteiger partial charge < -0.3 is 15.6 Å². The van der Waals surface area contributed by atoms with Crippen molar-refractivity contribution < 1.29 is 13.7 Å². The van der Waals surface area contributed by atoms with Gasteiger partial charge in [-0.05, 0) is 55.3 Å². The van der Waals surface area contributed by atoms with Gasteiger partial charge in [0.05, 0.1) is 5.54 Å². The van der Waals surface area contributed by atoms with E-state index in [9.17, 15) is 9.18 Å². The highest BCUT2D eigenvalue weighted by Gasteiger charge is 2.36. The maximum atomic E-state index is 13.0. The van der Waals surface area contributed by atoms with E-state index in [0.29, 0.717) is 28.5 Å². The monoisotopic (exact) mass is 402 g/mol. The van der Waals surface area contributed by atoms with Crippen LogP contribution in [0.3, 0.4) is 0 Å². The molecule has 1 fully saturated rings. The molecule has 28 heavy (non-hydrogen) atoms. The first-order chi connectivity index (χ1) is 13.0. The van der Waals surface area contributed by atoms with Crippen molar-refractivity contribution in [2.45, 2.75) is 31.2 Å². The Morgan fingerprint density at radius 2 is 1.86 bits per heavy atom. The number of nitrogens with zero attached hydrogens (tertiary/aromatic N) is 2. The molecule has 0 spiro atoms. The molecule has 3 N–H and O–H groups in total. The second-order valence-corrected chi connectivity index (χ2v) is 6.83. The Morgan fingerprint density at radius 3 is 2.57 bits per heavy atom. The fourth-order valence-electron chi connectivity index (χ4n) is 3.31. The van der Waals surface area contributed by atoms with E-state index in [4.69, 9.17) is 10.3 Å². The van der Waals surface area contributed by atoms with Gasteiger partial charge in [-0.2, -0.15) is 4.98 Å². The first kappa shape index (κ1) is 20.0. The lowest BCUT2D eigenvalue weighted by molar-refractivity contribution is 0.102. The van der Waals surface area contributed by atoms with Crippen LogP contribution in [0.5, 0.6) is 0 Å². The zero-order valence-corrected chi connectivity index (χ0v) is 15.8. The van der Waals surface area contributed by atoms with Crippen LogP contribution in [0.15, 0.2) is 53.1 Å². The highest BCUT2D eigenvalue weighted by molar-refractivity contribution is 6.04. The van der Waals surface area contributed by atoms with Crippen LogP contribution < -0.4 is 11.1 Å². The summed E-state index contributed by atoms with van der Waals surface area (Å²) in [5, 5.41) is 6.84. The Kier molecular flexibility index (Phi) is 5.76. The van der Waals surface area contributed by atoms with E-state index in [2.05, 4.69) is 15.5 Å². The number of carbonyl (C=O) groups is 1. The summed E-state index contributed by atoms with van der Waals surface area (Å²) in [5.74, 6) is 0.168. The molecular formula is C20H20ClFN4O2. The van der Waals surface area contributed by atoms with Gasteiger partial charge in [0.15, 0.2) is 5.82 Å². The maximum absolute atomic E-state index is 13.0. The smallest absolute Gasteiger partial charge is 0.258 e. The molecule has 0 aliphatic heterocycles. The number of anilines is 1. The van der Waals surface area contributed by atoms with Crippen molar-refractivity contribution >= 4 is 24.0 Å². The lowest BCUT2D eigenvalue weighted by Crippen LogP contribution is -2.34.